The number of carbonyl (C=O) groups excluding carboxylic acids is 2. The molecule has 6 nitrogen and oxygen atoms in total. The van der Waals surface area contributed by atoms with Gasteiger partial charge in [0.1, 0.15) is 0 Å². The summed E-state index contributed by atoms with van der Waals surface area (Å²) in [4.78, 5) is 27.0. The number of hydrogen-bond acceptors (Lipinski definition) is 5. The zero-order valence-corrected chi connectivity index (χ0v) is 10.9. The van der Waals surface area contributed by atoms with Crippen molar-refractivity contribution in [2.24, 2.45) is 5.73 Å². The van der Waals surface area contributed by atoms with Crippen LogP contribution in [0.15, 0.2) is 0 Å². The fourth-order valence-electron chi connectivity index (χ4n) is 1.47. The molecule has 1 aromatic rings. The van der Waals surface area contributed by atoms with Gasteiger partial charge in [0.2, 0.25) is 5.91 Å². The van der Waals surface area contributed by atoms with Crippen LogP contribution < -0.4 is 16.4 Å². The molecule has 0 aromatic carbocycles. The van der Waals surface area contributed by atoms with Gasteiger partial charge in [0.15, 0.2) is 0 Å². The summed E-state index contributed by atoms with van der Waals surface area (Å²) in [5.74, 6) is -0.441. The van der Waals surface area contributed by atoms with Gasteiger partial charge >= 0.3 is 6.03 Å². The van der Waals surface area contributed by atoms with Crippen molar-refractivity contribution in [2.45, 2.75) is 26.8 Å². The van der Waals surface area contributed by atoms with E-state index in [1.54, 1.807) is 11.3 Å². The number of thiazole rings is 1. The topological polar surface area (TPSA) is 97.1 Å². The van der Waals surface area contributed by atoms with Crippen molar-refractivity contribution in [2.75, 3.05) is 6.54 Å². The molecular weight excluding hydrogens is 240 g/mol. The van der Waals surface area contributed by atoms with Crippen LogP contribution in [0.1, 0.15) is 28.5 Å². The quantitative estimate of drug-likeness (QED) is 0.735. The maximum absolute atomic E-state index is 11.2. The Labute approximate surface area is 104 Å². The normalized spacial score (nSPS) is 12.2. The molecule has 1 aromatic heterocycles. The Bertz CT molecular complexity index is 430. The van der Waals surface area contributed by atoms with E-state index in [0.29, 0.717) is 0 Å². The van der Waals surface area contributed by atoms with E-state index in [-0.39, 0.29) is 12.6 Å². The second-order valence-corrected chi connectivity index (χ2v) is 4.93. The first-order valence-corrected chi connectivity index (χ1v) is 5.98. The van der Waals surface area contributed by atoms with E-state index in [1.165, 1.54) is 0 Å². The Kier molecular flexibility index (Phi) is 4.59. The molecule has 94 valence electrons. The fourth-order valence-corrected chi connectivity index (χ4v) is 2.42. The number of aryl methyl sites for hydroxylation is 2. The highest BCUT2D eigenvalue weighted by Crippen LogP contribution is 2.23. The van der Waals surface area contributed by atoms with E-state index in [4.69, 9.17) is 5.73 Å². The zero-order valence-electron chi connectivity index (χ0n) is 10.0. The molecule has 0 aliphatic heterocycles. The van der Waals surface area contributed by atoms with Gasteiger partial charge in [0, 0.05) is 10.9 Å². The maximum Gasteiger partial charge on any atom is 0.318 e. The second kappa shape index (κ2) is 5.74. The lowest BCUT2D eigenvalue weighted by Gasteiger charge is -2.11. The van der Waals surface area contributed by atoms with Gasteiger partial charge in [-0.25, -0.2) is 9.78 Å². The Morgan fingerprint density at radius 2 is 2.12 bits per heavy atom. The van der Waals surface area contributed by atoms with Crippen LogP contribution in [0.3, 0.4) is 0 Å². The average Bonchev–Trinajstić information content (AvgIpc) is 2.53. The van der Waals surface area contributed by atoms with Gasteiger partial charge in [-0.3, -0.25) is 10.1 Å². The first kappa shape index (κ1) is 13.6. The van der Waals surface area contributed by atoms with Crippen molar-refractivity contribution >= 4 is 23.3 Å². The lowest BCUT2D eigenvalue weighted by molar-refractivity contribution is -0.119. The molecule has 0 saturated carbocycles. The van der Waals surface area contributed by atoms with Crippen LogP contribution in [0.2, 0.25) is 0 Å². The molecule has 4 N–H and O–H groups in total. The third-order valence-corrected chi connectivity index (χ3v) is 3.42. The molecule has 0 bridgehead atoms. The Balaban J connectivity index is 2.50. The Morgan fingerprint density at radius 3 is 2.59 bits per heavy atom. The minimum absolute atomic E-state index is 0.0137. The van der Waals surface area contributed by atoms with Crippen molar-refractivity contribution in [1.29, 1.82) is 0 Å². The van der Waals surface area contributed by atoms with Gasteiger partial charge in [-0.15, -0.1) is 11.3 Å². The maximum atomic E-state index is 11.2. The van der Waals surface area contributed by atoms with E-state index in [0.717, 1.165) is 15.6 Å². The van der Waals surface area contributed by atoms with Crippen molar-refractivity contribution in [3.63, 3.8) is 0 Å². The van der Waals surface area contributed by atoms with Crippen LogP contribution in [0, 0.1) is 13.8 Å². The van der Waals surface area contributed by atoms with Gasteiger partial charge < -0.3 is 11.1 Å². The number of nitrogens with two attached hydrogens (primary N) is 1. The molecule has 0 fully saturated rings. The molecule has 0 saturated heterocycles. The molecule has 0 spiro atoms. The van der Waals surface area contributed by atoms with Gasteiger partial charge in [0.25, 0.3) is 0 Å². The number of rotatable bonds is 4. The minimum atomic E-state index is -0.839. The summed E-state index contributed by atoms with van der Waals surface area (Å²) >= 11 is 1.59. The molecule has 1 heterocycles. The first-order chi connectivity index (χ1) is 7.90. The van der Waals surface area contributed by atoms with E-state index in [1.807, 2.05) is 26.1 Å². The number of nitrogens with zero attached hydrogens (tertiary/aromatic N) is 1. The molecule has 1 atom stereocenters. The van der Waals surface area contributed by atoms with Gasteiger partial charge in [0.05, 0.1) is 17.2 Å². The second-order valence-electron chi connectivity index (χ2n) is 3.70. The highest BCUT2D eigenvalue weighted by molar-refractivity contribution is 7.11. The smallest absolute Gasteiger partial charge is 0.318 e. The third-order valence-electron chi connectivity index (χ3n) is 2.16. The molecule has 0 aliphatic rings. The van der Waals surface area contributed by atoms with Crippen LogP contribution in [-0.4, -0.2) is 23.5 Å². The zero-order chi connectivity index (χ0) is 13.0. The lowest BCUT2D eigenvalue weighted by atomic mass is 10.2. The van der Waals surface area contributed by atoms with E-state index >= 15 is 0 Å². The number of urea groups is 1. The van der Waals surface area contributed by atoms with E-state index in [9.17, 15) is 9.59 Å². The number of imide groups is 1. The SMILES string of the molecule is Cc1nc(C)c(C(C)NCC(=O)NC(N)=O)s1. The van der Waals surface area contributed by atoms with Crippen LogP contribution in [-0.2, 0) is 4.79 Å². The van der Waals surface area contributed by atoms with Crippen molar-refractivity contribution in [1.82, 2.24) is 15.6 Å². The molecule has 1 rings (SSSR count). The first-order valence-electron chi connectivity index (χ1n) is 5.16. The summed E-state index contributed by atoms with van der Waals surface area (Å²) in [6.45, 7) is 5.85. The molecule has 7 heteroatoms. The minimum Gasteiger partial charge on any atom is -0.351 e. The predicted octanol–water partition coefficient (Wildman–Crippen LogP) is 0.605. The summed E-state index contributed by atoms with van der Waals surface area (Å²) in [5.41, 5.74) is 5.79. The Hall–Kier alpha value is -1.47. The highest BCUT2D eigenvalue weighted by atomic mass is 32.1. The van der Waals surface area contributed by atoms with E-state index < -0.39 is 11.9 Å². The molecule has 0 radical (unpaired) electrons. The van der Waals surface area contributed by atoms with Crippen molar-refractivity contribution in [3.8, 4) is 0 Å². The van der Waals surface area contributed by atoms with Gasteiger partial charge in [-0.2, -0.15) is 0 Å². The lowest BCUT2D eigenvalue weighted by Crippen LogP contribution is -2.41. The molecule has 3 amide bonds. The largest absolute Gasteiger partial charge is 0.351 e. The summed E-state index contributed by atoms with van der Waals surface area (Å²) in [7, 11) is 0. The summed E-state index contributed by atoms with van der Waals surface area (Å²) in [5, 5.41) is 6.00. The fraction of sp³-hybridized carbons (Fsp3) is 0.500. The molecule has 0 aliphatic carbocycles. The number of carbonyl (C=O) groups is 2. The summed E-state index contributed by atoms with van der Waals surface area (Å²) < 4.78 is 0. The summed E-state index contributed by atoms with van der Waals surface area (Å²) in [6.07, 6.45) is 0. The van der Waals surface area contributed by atoms with Crippen molar-refractivity contribution in [3.05, 3.63) is 15.6 Å². The Morgan fingerprint density at radius 1 is 1.47 bits per heavy atom. The van der Waals surface area contributed by atoms with Crippen molar-refractivity contribution < 1.29 is 9.59 Å². The van der Waals surface area contributed by atoms with Crippen LogP contribution in [0.25, 0.3) is 0 Å². The standard InChI is InChI=1S/C10H16N4O2S/c1-5(9-6(2)13-7(3)17-9)12-4-8(15)14-10(11)16/h5,12H,4H2,1-3H3,(H3,11,14,15,16). The van der Waals surface area contributed by atoms with Crippen LogP contribution >= 0.6 is 11.3 Å². The molecular formula is C10H16N4O2S. The molecule has 17 heavy (non-hydrogen) atoms. The summed E-state index contributed by atoms with van der Waals surface area (Å²) in [6, 6.07) is -0.825. The molecule has 1 unspecified atom stereocenters. The predicted molar refractivity (Wildman–Crippen MR) is 65.7 cm³/mol. The third kappa shape index (κ3) is 4.12. The number of nitrogens with one attached hydrogen (secondary N) is 2. The van der Waals surface area contributed by atoms with Gasteiger partial charge in [-0.1, -0.05) is 0 Å². The van der Waals surface area contributed by atoms with Gasteiger partial charge in [-0.05, 0) is 20.8 Å². The number of amides is 3. The number of aromatic nitrogens is 1. The van der Waals surface area contributed by atoms with Crippen LogP contribution in [0.5, 0.6) is 0 Å². The van der Waals surface area contributed by atoms with Crippen LogP contribution in [0.4, 0.5) is 4.79 Å². The average molecular weight is 256 g/mol. The monoisotopic (exact) mass is 256 g/mol. The number of primary amides is 1. The van der Waals surface area contributed by atoms with E-state index in [2.05, 4.69) is 10.3 Å². The number of hydrogen-bond donors (Lipinski definition) is 3. The highest BCUT2D eigenvalue weighted by Gasteiger charge is 2.14.